The van der Waals surface area contributed by atoms with Crippen LogP contribution in [-0.2, 0) is 16.1 Å². The number of amides is 1. The maximum atomic E-state index is 12.9. The highest BCUT2D eigenvalue weighted by atomic mass is 16.4. The van der Waals surface area contributed by atoms with Crippen molar-refractivity contribution in [1.29, 1.82) is 0 Å². The van der Waals surface area contributed by atoms with E-state index in [1.807, 2.05) is 6.07 Å². The Morgan fingerprint density at radius 2 is 1.96 bits per heavy atom. The van der Waals surface area contributed by atoms with Crippen LogP contribution in [0.15, 0.2) is 35.4 Å². The van der Waals surface area contributed by atoms with Crippen molar-refractivity contribution in [1.82, 2.24) is 14.5 Å². The monoisotopic (exact) mass is 369 g/mol. The Bertz CT molecular complexity index is 938. The van der Waals surface area contributed by atoms with E-state index < -0.39 is 12.0 Å². The molecule has 0 unspecified atom stereocenters. The molecular weight excluding hydrogens is 346 g/mol. The van der Waals surface area contributed by atoms with Gasteiger partial charge in [-0.3, -0.25) is 14.2 Å². The highest BCUT2D eigenvalue weighted by Crippen LogP contribution is 2.40. The van der Waals surface area contributed by atoms with E-state index in [0.717, 1.165) is 25.7 Å². The third-order valence-electron chi connectivity index (χ3n) is 5.96. The Balaban J connectivity index is 1.52. The molecule has 3 atom stereocenters. The molecule has 27 heavy (non-hydrogen) atoms. The minimum Gasteiger partial charge on any atom is -0.480 e. The molecular formula is C20H23N3O4. The molecule has 2 aliphatic rings. The first-order chi connectivity index (χ1) is 13.1. The normalized spacial score (nSPS) is 24.7. The molecule has 1 aromatic carbocycles. The van der Waals surface area contributed by atoms with E-state index in [1.165, 1.54) is 10.9 Å². The molecule has 0 spiro atoms. The highest BCUT2D eigenvalue weighted by Gasteiger charge is 2.47. The molecule has 4 rings (SSSR count). The zero-order valence-corrected chi connectivity index (χ0v) is 15.1. The zero-order valence-electron chi connectivity index (χ0n) is 15.1. The lowest BCUT2D eigenvalue weighted by Crippen LogP contribution is -2.46. The summed E-state index contributed by atoms with van der Waals surface area (Å²) in [6.07, 6.45) is 6.11. The van der Waals surface area contributed by atoms with E-state index in [9.17, 15) is 19.5 Å². The molecule has 1 saturated carbocycles. The number of aliphatic carboxylic acids is 1. The molecule has 0 bridgehead atoms. The number of aryl methyl sites for hydroxylation is 1. The summed E-state index contributed by atoms with van der Waals surface area (Å²) in [5, 5.41) is 10.1. The molecule has 2 heterocycles. The van der Waals surface area contributed by atoms with Crippen molar-refractivity contribution in [2.24, 2.45) is 5.92 Å². The van der Waals surface area contributed by atoms with Gasteiger partial charge in [0.05, 0.1) is 17.2 Å². The van der Waals surface area contributed by atoms with Gasteiger partial charge in [0.25, 0.3) is 5.56 Å². The van der Waals surface area contributed by atoms with Crippen molar-refractivity contribution in [2.75, 3.05) is 0 Å². The molecule has 2 aromatic rings. The summed E-state index contributed by atoms with van der Waals surface area (Å²) >= 11 is 0. The van der Waals surface area contributed by atoms with Crippen LogP contribution in [0.25, 0.3) is 10.9 Å². The Kier molecular flexibility index (Phi) is 4.68. The Labute approximate surface area is 156 Å². The van der Waals surface area contributed by atoms with Crippen LogP contribution in [0.4, 0.5) is 0 Å². The summed E-state index contributed by atoms with van der Waals surface area (Å²) in [5.41, 5.74) is 0.445. The number of nitrogens with zero attached hydrogens (tertiary/aromatic N) is 3. The molecule has 2 fully saturated rings. The quantitative estimate of drug-likeness (QED) is 0.890. The van der Waals surface area contributed by atoms with Gasteiger partial charge in [-0.05, 0) is 37.3 Å². The molecule has 7 nitrogen and oxygen atoms in total. The third-order valence-corrected chi connectivity index (χ3v) is 5.96. The highest BCUT2D eigenvalue weighted by molar-refractivity contribution is 5.85. The third kappa shape index (κ3) is 3.22. The van der Waals surface area contributed by atoms with Gasteiger partial charge in [0, 0.05) is 19.0 Å². The standard InChI is InChI=1S/C20H23N3O4/c24-18(23-16-8-4-1-5-13(16)11-17(23)20(26)27)9-10-22-12-21-15-7-3-2-6-14(15)19(22)25/h2-3,6-7,12-13,16-17H,1,4-5,8-11H2,(H,26,27)/t13-,16+,17-/m0/s1. The molecule has 1 saturated heterocycles. The molecule has 1 amide bonds. The fraction of sp³-hybridized carbons (Fsp3) is 0.500. The van der Waals surface area contributed by atoms with Crippen LogP contribution in [0, 0.1) is 5.92 Å². The number of hydrogen-bond donors (Lipinski definition) is 1. The first kappa shape index (κ1) is 17.7. The molecule has 1 aliphatic heterocycles. The van der Waals surface area contributed by atoms with Crippen molar-refractivity contribution < 1.29 is 14.7 Å². The van der Waals surface area contributed by atoms with Crippen LogP contribution in [0.2, 0.25) is 0 Å². The summed E-state index contributed by atoms with van der Waals surface area (Å²) < 4.78 is 1.43. The molecule has 1 aliphatic carbocycles. The molecule has 1 N–H and O–H groups in total. The molecule has 142 valence electrons. The van der Waals surface area contributed by atoms with E-state index in [0.29, 0.717) is 17.3 Å². The zero-order chi connectivity index (χ0) is 19.0. The number of carboxylic acid groups (broad SMARTS) is 1. The van der Waals surface area contributed by atoms with Gasteiger partial charge in [0.15, 0.2) is 0 Å². The second kappa shape index (κ2) is 7.13. The predicted molar refractivity (Wildman–Crippen MR) is 99.3 cm³/mol. The number of carbonyl (C=O) groups is 2. The van der Waals surface area contributed by atoms with Gasteiger partial charge < -0.3 is 10.0 Å². The summed E-state index contributed by atoms with van der Waals surface area (Å²) in [5.74, 6) is -0.826. The fourth-order valence-corrected chi connectivity index (χ4v) is 4.65. The number of fused-ring (bicyclic) bond motifs is 2. The second-order valence-electron chi connectivity index (χ2n) is 7.51. The smallest absolute Gasteiger partial charge is 0.326 e. The number of hydrogen-bond acceptors (Lipinski definition) is 4. The Hall–Kier alpha value is -2.70. The molecule has 7 heteroatoms. The maximum absolute atomic E-state index is 12.9. The minimum atomic E-state index is -0.928. The van der Waals surface area contributed by atoms with Gasteiger partial charge in [-0.1, -0.05) is 25.0 Å². The SMILES string of the molecule is O=C(O)[C@@H]1C[C@@H]2CCCC[C@H]2N1C(=O)CCn1cnc2ccccc2c1=O. The first-order valence-corrected chi connectivity index (χ1v) is 9.54. The molecule has 0 radical (unpaired) electrons. The van der Waals surface area contributed by atoms with Crippen LogP contribution in [-0.4, -0.2) is 43.5 Å². The van der Waals surface area contributed by atoms with Gasteiger partial charge >= 0.3 is 5.97 Å². The summed E-state index contributed by atoms with van der Waals surface area (Å²) in [6, 6.07) is 6.39. The first-order valence-electron chi connectivity index (χ1n) is 9.54. The van der Waals surface area contributed by atoms with Crippen molar-refractivity contribution >= 4 is 22.8 Å². The predicted octanol–water partition coefficient (Wildman–Crippen LogP) is 2.03. The summed E-state index contributed by atoms with van der Waals surface area (Å²) in [4.78, 5) is 43.0. The average Bonchev–Trinajstić information content (AvgIpc) is 3.07. The van der Waals surface area contributed by atoms with Gasteiger partial charge in [0.1, 0.15) is 6.04 Å². The lowest BCUT2D eigenvalue weighted by Gasteiger charge is -2.33. The van der Waals surface area contributed by atoms with Crippen LogP contribution >= 0.6 is 0 Å². The summed E-state index contributed by atoms with van der Waals surface area (Å²) in [6.45, 7) is 0.204. The van der Waals surface area contributed by atoms with Crippen molar-refractivity contribution in [3.63, 3.8) is 0 Å². The van der Waals surface area contributed by atoms with E-state index in [1.54, 1.807) is 23.1 Å². The van der Waals surface area contributed by atoms with Crippen LogP contribution in [0.1, 0.15) is 38.5 Å². The van der Waals surface area contributed by atoms with Crippen LogP contribution in [0.3, 0.4) is 0 Å². The number of benzene rings is 1. The number of carboxylic acids is 1. The topological polar surface area (TPSA) is 92.5 Å². The lowest BCUT2D eigenvalue weighted by atomic mass is 9.84. The van der Waals surface area contributed by atoms with E-state index in [-0.39, 0.29) is 36.4 Å². The van der Waals surface area contributed by atoms with Crippen molar-refractivity contribution in [3.8, 4) is 0 Å². The van der Waals surface area contributed by atoms with Crippen molar-refractivity contribution in [3.05, 3.63) is 40.9 Å². The van der Waals surface area contributed by atoms with Crippen LogP contribution < -0.4 is 5.56 Å². The lowest BCUT2D eigenvalue weighted by molar-refractivity contribution is -0.150. The largest absolute Gasteiger partial charge is 0.480 e. The second-order valence-corrected chi connectivity index (χ2v) is 7.51. The van der Waals surface area contributed by atoms with Gasteiger partial charge in [-0.25, -0.2) is 9.78 Å². The van der Waals surface area contributed by atoms with Gasteiger partial charge in [-0.2, -0.15) is 0 Å². The number of carbonyl (C=O) groups excluding carboxylic acids is 1. The van der Waals surface area contributed by atoms with Gasteiger partial charge in [-0.15, -0.1) is 0 Å². The van der Waals surface area contributed by atoms with E-state index in [4.69, 9.17) is 0 Å². The molecule has 1 aromatic heterocycles. The maximum Gasteiger partial charge on any atom is 0.326 e. The Morgan fingerprint density at radius 1 is 1.19 bits per heavy atom. The van der Waals surface area contributed by atoms with E-state index >= 15 is 0 Å². The number of likely N-dealkylation sites (tertiary alicyclic amines) is 1. The number of para-hydroxylation sites is 1. The van der Waals surface area contributed by atoms with Crippen molar-refractivity contribution in [2.45, 2.75) is 57.2 Å². The minimum absolute atomic E-state index is 0.0267. The van der Waals surface area contributed by atoms with Crippen LogP contribution in [0.5, 0.6) is 0 Å². The number of rotatable bonds is 4. The number of aromatic nitrogens is 2. The van der Waals surface area contributed by atoms with E-state index in [2.05, 4.69) is 4.98 Å². The Morgan fingerprint density at radius 3 is 2.78 bits per heavy atom. The average molecular weight is 369 g/mol. The fourth-order valence-electron chi connectivity index (χ4n) is 4.65. The summed E-state index contributed by atoms with van der Waals surface area (Å²) in [7, 11) is 0. The van der Waals surface area contributed by atoms with Gasteiger partial charge in [0.2, 0.25) is 5.91 Å².